The number of likely N-dealkylation sites (N-methyl/N-ethyl adjacent to an activating group) is 2. The predicted octanol–water partition coefficient (Wildman–Crippen LogP) is 0.539. The predicted molar refractivity (Wildman–Crippen MR) is 69.8 cm³/mol. The summed E-state index contributed by atoms with van der Waals surface area (Å²) in [6.45, 7) is 2.51. The van der Waals surface area contributed by atoms with Crippen molar-refractivity contribution in [3.63, 3.8) is 0 Å². The Kier molecular flexibility index (Phi) is 4.53. The van der Waals surface area contributed by atoms with E-state index in [0.29, 0.717) is 12.2 Å². The fourth-order valence-electron chi connectivity index (χ4n) is 1.63. The van der Waals surface area contributed by atoms with Crippen LogP contribution in [0.15, 0.2) is 18.2 Å². The highest BCUT2D eigenvalue weighted by Gasteiger charge is 2.15. The zero-order valence-corrected chi connectivity index (χ0v) is 10.4. The van der Waals surface area contributed by atoms with Gasteiger partial charge in [-0.25, -0.2) is 4.79 Å². The third-order valence-electron chi connectivity index (χ3n) is 2.48. The van der Waals surface area contributed by atoms with E-state index in [-0.39, 0.29) is 23.7 Å². The van der Waals surface area contributed by atoms with E-state index >= 15 is 0 Å². The number of para-hydroxylation sites is 1. The maximum atomic E-state index is 11.4. The Morgan fingerprint density at radius 1 is 1.44 bits per heavy atom. The van der Waals surface area contributed by atoms with Crippen LogP contribution in [0.1, 0.15) is 17.3 Å². The van der Waals surface area contributed by atoms with Gasteiger partial charge in [-0.15, -0.1) is 0 Å². The molecule has 0 aliphatic carbocycles. The molecule has 0 aromatic heterocycles. The van der Waals surface area contributed by atoms with Crippen LogP contribution in [0.25, 0.3) is 0 Å². The van der Waals surface area contributed by atoms with Crippen molar-refractivity contribution in [2.24, 2.45) is 0 Å². The number of nitrogen functional groups attached to an aromatic ring is 1. The lowest BCUT2D eigenvalue weighted by Gasteiger charge is -2.21. The molecule has 0 atom stereocenters. The minimum Gasteiger partial charge on any atom is -0.478 e. The van der Waals surface area contributed by atoms with Crippen molar-refractivity contribution in [1.29, 1.82) is 0 Å². The lowest BCUT2D eigenvalue weighted by atomic mass is 10.1. The molecule has 0 fully saturated rings. The summed E-state index contributed by atoms with van der Waals surface area (Å²) >= 11 is 0. The van der Waals surface area contributed by atoms with E-state index in [1.54, 1.807) is 24.1 Å². The van der Waals surface area contributed by atoms with Crippen LogP contribution in [0.3, 0.4) is 0 Å². The number of carbonyl (C=O) groups is 2. The zero-order chi connectivity index (χ0) is 13.7. The summed E-state index contributed by atoms with van der Waals surface area (Å²) in [6.07, 6.45) is 0. The van der Waals surface area contributed by atoms with Crippen LogP contribution in [0, 0.1) is 0 Å². The van der Waals surface area contributed by atoms with E-state index in [2.05, 4.69) is 5.32 Å². The van der Waals surface area contributed by atoms with Gasteiger partial charge in [0.15, 0.2) is 0 Å². The zero-order valence-electron chi connectivity index (χ0n) is 10.4. The van der Waals surface area contributed by atoms with Crippen LogP contribution < -0.4 is 16.0 Å². The fraction of sp³-hybridized carbons (Fsp3) is 0.333. The Hall–Kier alpha value is -2.24. The Balaban J connectivity index is 2.92. The minimum absolute atomic E-state index is 0.0373. The molecule has 0 aliphatic heterocycles. The van der Waals surface area contributed by atoms with Crippen LogP contribution in [0.5, 0.6) is 0 Å². The van der Waals surface area contributed by atoms with Gasteiger partial charge in [0.2, 0.25) is 5.91 Å². The lowest BCUT2D eigenvalue weighted by Crippen LogP contribution is -2.35. The van der Waals surface area contributed by atoms with Gasteiger partial charge < -0.3 is 21.1 Å². The first kappa shape index (κ1) is 13.8. The Bertz CT molecular complexity index is 460. The van der Waals surface area contributed by atoms with Crippen molar-refractivity contribution in [3.05, 3.63) is 23.8 Å². The highest BCUT2D eigenvalue weighted by atomic mass is 16.4. The third kappa shape index (κ3) is 3.13. The number of carboxylic acid groups (broad SMARTS) is 1. The molecule has 0 spiro atoms. The van der Waals surface area contributed by atoms with Crippen molar-refractivity contribution in [2.45, 2.75) is 6.92 Å². The number of carboxylic acids is 1. The van der Waals surface area contributed by atoms with Crippen LogP contribution in [-0.4, -0.2) is 37.1 Å². The van der Waals surface area contributed by atoms with Crippen molar-refractivity contribution in [3.8, 4) is 0 Å². The highest BCUT2D eigenvalue weighted by Crippen LogP contribution is 2.25. The van der Waals surface area contributed by atoms with Crippen LogP contribution in [-0.2, 0) is 4.79 Å². The second-order valence-corrected chi connectivity index (χ2v) is 3.85. The van der Waals surface area contributed by atoms with Gasteiger partial charge >= 0.3 is 5.97 Å². The largest absolute Gasteiger partial charge is 0.478 e. The number of rotatable bonds is 5. The molecule has 0 unspecified atom stereocenters. The number of nitrogens with zero attached hydrogens (tertiary/aromatic N) is 1. The number of hydrogen-bond donors (Lipinski definition) is 3. The number of amides is 1. The summed E-state index contributed by atoms with van der Waals surface area (Å²) < 4.78 is 0. The van der Waals surface area contributed by atoms with Gasteiger partial charge in [-0.1, -0.05) is 6.07 Å². The van der Waals surface area contributed by atoms with Crippen molar-refractivity contribution in [2.75, 3.05) is 30.8 Å². The number of nitrogens with one attached hydrogen (secondary N) is 1. The van der Waals surface area contributed by atoms with Gasteiger partial charge in [0.1, 0.15) is 0 Å². The molecule has 6 heteroatoms. The Morgan fingerprint density at radius 3 is 2.67 bits per heavy atom. The van der Waals surface area contributed by atoms with Gasteiger partial charge in [-0.2, -0.15) is 0 Å². The standard InChI is InChI=1S/C12H17N3O3/c1-3-14-10(16)7-15(2)9-6-4-5-8(11(9)13)12(17)18/h4-6H,3,7,13H2,1-2H3,(H,14,16)(H,17,18). The second-order valence-electron chi connectivity index (χ2n) is 3.85. The molecule has 1 rings (SSSR count). The van der Waals surface area contributed by atoms with Gasteiger partial charge in [0.25, 0.3) is 0 Å². The van der Waals surface area contributed by atoms with E-state index in [0.717, 1.165) is 0 Å². The summed E-state index contributed by atoms with van der Waals surface area (Å²) in [5.74, 6) is -1.22. The number of carbonyl (C=O) groups excluding carboxylic acids is 1. The smallest absolute Gasteiger partial charge is 0.337 e. The monoisotopic (exact) mass is 251 g/mol. The number of benzene rings is 1. The molecule has 98 valence electrons. The van der Waals surface area contributed by atoms with Crippen LogP contribution in [0.2, 0.25) is 0 Å². The van der Waals surface area contributed by atoms with Gasteiger partial charge in [-0.3, -0.25) is 4.79 Å². The molecule has 0 saturated carbocycles. The molecule has 6 nitrogen and oxygen atoms in total. The summed E-state index contributed by atoms with van der Waals surface area (Å²) in [5.41, 5.74) is 6.51. The lowest BCUT2D eigenvalue weighted by molar-refractivity contribution is -0.119. The van der Waals surface area contributed by atoms with Crippen molar-refractivity contribution in [1.82, 2.24) is 5.32 Å². The highest BCUT2D eigenvalue weighted by molar-refractivity contribution is 5.97. The van der Waals surface area contributed by atoms with Crippen LogP contribution >= 0.6 is 0 Å². The molecule has 0 aliphatic rings. The average molecular weight is 251 g/mol. The molecular weight excluding hydrogens is 234 g/mol. The quantitative estimate of drug-likeness (QED) is 0.664. The first-order valence-corrected chi connectivity index (χ1v) is 5.57. The average Bonchev–Trinajstić information content (AvgIpc) is 2.28. The normalized spacial score (nSPS) is 9.89. The maximum Gasteiger partial charge on any atom is 0.337 e. The van der Waals surface area contributed by atoms with Crippen LogP contribution in [0.4, 0.5) is 11.4 Å². The number of anilines is 2. The van der Waals surface area contributed by atoms with E-state index < -0.39 is 5.97 Å². The molecule has 4 N–H and O–H groups in total. The van der Waals surface area contributed by atoms with Gasteiger partial charge in [0, 0.05) is 13.6 Å². The number of aromatic carboxylic acids is 1. The second kappa shape index (κ2) is 5.90. The molecule has 0 bridgehead atoms. The molecular formula is C12H17N3O3. The SMILES string of the molecule is CCNC(=O)CN(C)c1cccc(C(=O)O)c1N. The first-order chi connectivity index (χ1) is 8.47. The Morgan fingerprint density at radius 2 is 2.11 bits per heavy atom. The van der Waals surface area contributed by atoms with E-state index in [1.165, 1.54) is 6.07 Å². The van der Waals surface area contributed by atoms with E-state index in [9.17, 15) is 9.59 Å². The summed E-state index contributed by atoms with van der Waals surface area (Å²) in [5, 5.41) is 11.6. The van der Waals surface area contributed by atoms with Gasteiger partial charge in [-0.05, 0) is 19.1 Å². The summed E-state index contributed by atoms with van der Waals surface area (Å²) in [7, 11) is 1.69. The molecule has 1 aromatic rings. The molecule has 1 amide bonds. The summed E-state index contributed by atoms with van der Waals surface area (Å²) in [4.78, 5) is 24.0. The number of nitrogens with two attached hydrogens (primary N) is 1. The van der Waals surface area contributed by atoms with E-state index in [1.807, 2.05) is 6.92 Å². The fourth-order valence-corrected chi connectivity index (χ4v) is 1.63. The first-order valence-electron chi connectivity index (χ1n) is 5.57. The van der Waals surface area contributed by atoms with E-state index in [4.69, 9.17) is 10.8 Å². The van der Waals surface area contributed by atoms with Crippen molar-refractivity contribution >= 4 is 23.3 Å². The molecule has 0 saturated heterocycles. The number of hydrogen-bond acceptors (Lipinski definition) is 4. The molecule has 0 heterocycles. The maximum absolute atomic E-state index is 11.4. The molecule has 18 heavy (non-hydrogen) atoms. The minimum atomic E-state index is -1.08. The van der Waals surface area contributed by atoms with Crippen molar-refractivity contribution < 1.29 is 14.7 Å². The molecule has 1 aromatic carbocycles. The molecule has 0 radical (unpaired) electrons. The Labute approximate surface area is 105 Å². The third-order valence-corrected chi connectivity index (χ3v) is 2.48. The van der Waals surface area contributed by atoms with Gasteiger partial charge in [0.05, 0.1) is 23.5 Å². The summed E-state index contributed by atoms with van der Waals surface area (Å²) in [6, 6.07) is 4.71. The topological polar surface area (TPSA) is 95.7 Å².